The van der Waals surface area contributed by atoms with E-state index in [9.17, 15) is 19.2 Å². The Balaban J connectivity index is 1.91. The fourth-order valence-corrected chi connectivity index (χ4v) is 4.97. The number of hydrogen-bond acceptors (Lipinski definition) is 7. The summed E-state index contributed by atoms with van der Waals surface area (Å²) in [5, 5.41) is 0. The minimum absolute atomic E-state index is 0.276. The molecule has 46 heavy (non-hydrogen) atoms. The molecule has 252 valence electrons. The van der Waals surface area contributed by atoms with E-state index in [1.54, 1.807) is 54.6 Å². The number of carbonyl (C=O) groups is 4. The zero-order valence-corrected chi connectivity index (χ0v) is 28.0. The lowest BCUT2D eigenvalue weighted by Gasteiger charge is -2.13. The highest BCUT2D eigenvalue weighted by Crippen LogP contribution is 2.17. The van der Waals surface area contributed by atoms with Crippen molar-refractivity contribution in [2.75, 3.05) is 13.2 Å². The monoisotopic (exact) mass is 634 g/mol. The summed E-state index contributed by atoms with van der Waals surface area (Å²) in [5.74, 6) is -2.59. The van der Waals surface area contributed by atoms with Crippen LogP contribution in [-0.2, 0) is 19.1 Å². The van der Waals surface area contributed by atoms with Gasteiger partial charge in [-0.1, -0.05) is 128 Å². The summed E-state index contributed by atoms with van der Waals surface area (Å²) in [5.41, 5.74) is 1.52. The lowest BCUT2D eigenvalue weighted by atomic mass is 10.1. The van der Waals surface area contributed by atoms with Crippen LogP contribution in [0, 0.1) is 5.92 Å². The van der Waals surface area contributed by atoms with E-state index in [4.69, 9.17) is 14.2 Å². The molecule has 0 radical (unpaired) electrons. The molecule has 0 N–H and O–H groups in total. The number of unbranched alkanes of at least 4 members (excludes halogenated alkanes) is 14. The van der Waals surface area contributed by atoms with Gasteiger partial charge in [-0.25, -0.2) is 4.79 Å². The largest absolute Gasteiger partial charge is 0.465 e. The summed E-state index contributed by atoms with van der Waals surface area (Å²) in [6.45, 7) is 4.96. The molecule has 0 fully saturated rings. The molecule has 0 saturated heterocycles. The van der Waals surface area contributed by atoms with Crippen molar-refractivity contribution in [3.8, 4) is 5.75 Å². The van der Waals surface area contributed by atoms with Gasteiger partial charge in [0.15, 0.2) is 5.92 Å². The smallest absolute Gasteiger partial charge is 0.343 e. The number of hydrogen-bond donors (Lipinski definition) is 0. The number of carbonyl (C=O) groups excluding carboxylic acids is 4. The Bertz CT molecular complexity index is 1130. The molecule has 2 aromatic rings. The average molecular weight is 635 g/mol. The highest BCUT2D eigenvalue weighted by atomic mass is 16.6. The van der Waals surface area contributed by atoms with Crippen LogP contribution in [0.3, 0.4) is 0 Å². The summed E-state index contributed by atoms with van der Waals surface area (Å²) in [7, 11) is 0. The van der Waals surface area contributed by atoms with Gasteiger partial charge in [0.2, 0.25) is 0 Å². The quantitative estimate of drug-likeness (QED) is 0.0353. The molecule has 0 saturated carbocycles. The average Bonchev–Trinajstić information content (AvgIpc) is 3.07. The zero-order valence-electron chi connectivity index (χ0n) is 28.0. The molecule has 2 rings (SSSR count). The maximum atomic E-state index is 13.0. The molecule has 7 heteroatoms. The van der Waals surface area contributed by atoms with Crippen molar-refractivity contribution in [2.24, 2.45) is 5.92 Å². The van der Waals surface area contributed by atoms with E-state index < -0.39 is 23.8 Å². The summed E-state index contributed by atoms with van der Waals surface area (Å²) in [4.78, 5) is 49.3. The highest BCUT2D eigenvalue weighted by Gasteiger charge is 2.27. The standard InChI is InChI=1S/C39H54O7/c1-3-5-7-9-11-13-15-17-29-44-38(42)36(39(43)45-30-18-16-14-12-10-8-6-4-2)28-23-32-19-24-34(25-20-32)37(41)46-35-26-21-33(31-40)22-27-35/h19-28,31,36H,3-18,29-30H2,1-2H3. The van der Waals surface area contributed by atoms with Crippen LogP contribution in [0.4, 0.5) is 0 Å². The highest BCUT2D eigenvalue weighted by molar-refractivity contribution is 5.98. The molecule has 0 atom stereocenters. The topological polar surface area (TPSA) is 96.0 Å². The van der Waals surface area contributed by atoms with Crippen LogP contribution in [-0.4, -0.2) is 37.4 Å². The summed E-state index contributed by atoms with van der Waals surface area (Å²) < 4.78 is 16.4. The number of rotatable bonds is 25. The molecular formula is C39H54O7. The van der Waals surface area contributed by atoms with Crippen LogP contribution in [0.2, 0.25) is 0 Å². The van der Waals surface area contributed by atoms with Crippen molar-refractivity contribution < 1.29 is 33.4 Å². The Morgan fingerprint density at radius 2 is 1.02 bits per heavy atom. The SMILES string of the molecule is CCCCCCCCCCOC(=O)C(C=Cc1ccc(C(=O)Oc2ccc(C=O)cc2)cc1)C(=O)OCCCCCCCCCC. The molecule has 2 aromatic carbocycles. The van der Waals surface area contributed by atoms with Crippen molar-refractivity contribution in [3.05, 3.63) is 71.3 Å². The normalized spacial score (nSPS) is 11.1. The third-order valence-corrected chi connectivity index (χ3v) is 7.85. The molecule has 0 aliphatic heterocycles. The molecule has 7 nitrogen and oxygen atoms in total. The van der Waals surface area contributed by atoms with E-state index in [1.807, 2.05) is 0 Å². The Hall–Kier alpha value is -3.74. The first-order chi connectivity index (χ1) is 22.5. The second-order valence-electron chi connectivity index (χ2n) is 11.8. The first kappa shape index (κ1) is 38.4. The van der Waals surface area contributed by atoms with E-state index in [2.05, 4.69) is 13.8 Å². The van der Waals surface area contributed by atoms with Gasteiger partial charge in [0, 0.05) is 5.56 Å². The van der Waals surface area contributed by atoms with Crippen LogP contribution in [0.15, 0.2) is 54.6 Å². The van der Waals surface area contributed by atoms with E-state index in [1.165, 1.54) is 70.3 Å². The molecular weight excluding hydrogens is 580 g/mol. The summed E-state index contributed by atoms with van der Waals surface area (Å²) in [6, 6.07) is 12.9. The summed E-state index contributed by atoms with van der Waals surface area (Å²) in [6.07, 6.45) is 22.0. The Morgan fingerprint density at radius 1 is 0.587 bits per heavy atom. The van der Waals surface area contributed by atoms with E-state index >= 15 is 0 Å². The minimum atomic E-state index is -1.16. The van der Waals surface area contributed by atoms with Gasteiger partial charge in [0.05, 0.1) is 18.8 Å². The van der Waals surface area contributed by atoms with Crippen LogP contribution in [0.1, 0.15) is 143 Å². The van der Waals surface area contributed by atoms with Gasteiger partial charge < -0.3 is 14.2 Å². The number of aldehydes is 1. The Morgan fingerprint density at radius 3 is 1.48 bits per heavy atom. The predicted molar refractivity (Wildman–Crippen MR) is 183 cm³/mol. The van der Waals surface area contributed by atoms with Crippen molar-refractivity contribution in [1.82, 2.24) is 0 Å². The first-order valence-electron chi connectivity index (χ1n) is 17.4. The van der Waals surface area contributed by atoms with Gasteiger partial charge in [-0.15, -0.1) is 0 Å². The third-order valence-electron chi connectivity index (χ3n) is 7.85. The second kappa shape index (κ2) is 24.5. The number of benzene rings is 2. The second-order valence-corrected chi connectivity index (χ2v) is 11.8. The van der Waals surface area contributed by atoms with Crippen LogP contribution >= 0.6 is 0 Å². The van der Waals surface area contributed by atoms with Gasteiger partial charge >= 0.3 is 17.9 Å². The van der Waals surface area contributed by atoms with E-state index in [0.717, 1.165) is 44.8 Å². The van der Waals surface area contributed by atoms with Crippen molar-refractivity contribution >= 4 is 30.3 Å². The van der Waals surface area contributed by atoms with Crippen molar-refractivity contribution in [3.63, 3.8) is 0 Å². The minimum Gasteiger partial charge on any atom is -0.465 e. The van der Waals surface area contributed by atoms with Gasteiger partial charge in [0.1, 0.15) is 12.0 Å². The van der Waals surface area contributed by atoms with E-state index in [0.29, 0.717) is 22.4 Å². The van der Waals surface area contributed by atoms with Crippen LogP contribution in [0.25, 0.3) is 6.08 Å². The zero-order chi connectivity index (χ0) is 33.2. The molecule has 0 amide bonds. The van der Waals surface area contributed by atoms with Crippen molar-refractivity contribution in [2.45, 2.75) is 117 Å². The number of esters is 3. The molecule has 0 spiro atoms. The Labute approximate surface area is 276 Å². The molecule has 0 aliphatic carbocycles. The first-order valence-corrected chi connectivity index (χ1v) is 17.4. The van der Waals surface area contributed by atoms with Crippen LogP contribution in [0.5, 0.6) is 5.75 Å². The lowest BCUT2D eigenvalue weighted by molar-refractivity contribution is -0.159. The van der Waals surface area contributed by atoms with Gasteiger partial charge in [-0.05, 0) is 54.8 Å². The lowest BCUT2D eigenvalue weighted by Crippen LogP contribution is -2.27. The Kier molecular flexibility index (Phi) is 20.5. The summed E-state index contributed by atoms with van der Waals surface area (Å²) >= 11 is 0. The molecule has 0 aliphatic rings. The van der Waals surface area contributed by atoms with Gasteiger partial charge in [-0.2, -0.15) is 0 Å². The third kappa shape index (κ3) is 16.5. The molecule has 0 unspecified atom stereocenters. The maximum absolute atomic E-state index is 13.0. The maximum Gasteiger partial charge on any atom is 0.343 e. The fraction of sp³-hybridized carbons (Fsp3) is 0.538. The van der Waals surface area contributed by atoms with Crippen molar-refractivity contribution in [1.29, 1.82) is 0 Å². The molecule has 0 heterocycles. The molecule has 0 aromatic heterocycles. The fourth-order valence-electron chi connectivity index (χ4n) is 4.97. The van der Waals surface area contributed by atoms with Gasteiger partial charge in [0.25, 0.3) is 0 Å². The van der Waals surface area contributed by atoms with Gasteiger partial charge in [-0.3, -0.25) is 14.4 Å². The predicted octanol–water partition coefficient (Wildman–Crippen LogP) is 9.72. The molecule has 0 bridgehead atoms. The van der Waals surface area contributed by atoms with Crippen LogP contribution < -0.4 is 4.74 Å². The van der Waals surface area contributed by atoms with E-state index in [-0.39, 0.29) is 13.2 Å². The number of ether oxygens (including phenoxy) is 3.